The highest BCUT2D eigenvalue weighted by Crippen LogP contribution is 2.39. The largest absolute Gasteiger partial charge is 0.385 e. The molecule has 5 nitrogen and oxygen atoms in total. The van der Waals surface area contributed by atoms with Gasteiger partial charge < -0.3 is 10.8 Å². The monoisotopic (exact) mass is 338 g/mol. The SMILES string of the molecule is N[C@@H]1CCN(C2CCC(O)(c3ccc(-c4cncnc4)cc3)CC2)C1. The molecule has 4 rings (SSSR count). The molecule has 0 spiro atoms. The van der Waals surface area contributed by atoms with Crippen LogP contribution in [0.1, 0.15) is 37.7 Å². The van der Waals surface area contributed by atoms with Gasteiger partial charge in [-0.05, 0) is 43.2 Å². The molecular weight excluding hydrogens is 312 g/mol. The molecule has 25 heavy (non-hydrogen) atoms. The van der Waals surface area contributed by atoms with Crippen LogP contribution < -0.4 is 5.73 Å². The zero-order valence-corrected chi connectivity index (χ0v) is 14.5. The Labute approximate surface area is 148 Å². The summed E-state index contributed by atoms with van der Waals surface area (Å²) in [5.74, 6) is 0. The third kappa shape index (κ3) is 3.45. The lowest BCUT2D eigenvalue weighted by Gasteiger charge is -2.40. The molecule has 1 atom stereocenters. The third-order valence-electron chi connectivity index (χ3n) is 5.87. The highest BCUT2D eigenvalue weighted by Gasteiger charge is 2.37. The molecule has 1 aromatic heterocycles. The Kier molecular flexibility index (Phi) is 4.54. The van der Waals surface area contributed by atoms with Crippen LogP contribution >= 0.6 is 0 Å². The van der Waals surface area contributed by atoms with Crippen LogP contribution in [0.5, 0.6) is 0 Å². The van der Waals surface area contributed by atoms with Crippen LogP contribution in [-0.4, -0.2) is 45.1 Å². The van der Waals surface area contributed by atoms with Crippen LogP contribution in [0.2, 0.25) is 0 Å². The quantitative estimate of drug-likeness (QED) is 0.898. The van der Waals surface area contributed by atoms with Gasteiger partial charge in [-0.1, -0.05) is 24.3 Å². The standard InChI is InChI=1S/C20H26N4O/c21-18-7-10-24(13-18)19-5-8-20(25,9-6-19)17-3-1-15(2-4-17)16-11-22-14-23-12-16/h1-4,11-12,14,18-19,25H,5-10,13,21H2/t18-,19?,20?/m1/s1. The third-order valence-corrected chi connectivity index (χ3v) is 5.87. The van der Waals surface area contributed by atoms with Crippen molar-refractivity contribution in [1.82, 2.24) is 14.9 Å². The molecule has 3 N–H and O–H groups in total. The van der Waals surface area contributed by atoms with Crippen molar-refractivity contribution in [3.8, 4) is 11.1 Å². The fourth-order valence-electron chi connectivity index (χ4n) is 4.30. The Morgan fingerprint density at radius 2 is 1.68 bits per heavy atom. The summed E-state index contributed by atoms with van der Waals surface area (Å²) in [4.78, 5) is 10.6. The number of nitrogens with zero attached hydrogens (tertiary/aromatic N) is 3. The van der Waals surface area contributed by atoms with Crippen molar-refractivity contribution in [3.63, 3.8) is 0 Å². The maximum atomic E-state index is 11.1. The van der Waals surface area contributed by atoms with Crippen LogP contribution in [0.3, 0.4) is 0 Å². The number of hydrogen-bond acceptors (Lipinski definition) is 5. The van der Waals surface area contributed by atoms with E-state index in [0.29, 0.717) is 12.1 Å². The number of aliphatic hydroxyl groups is 1. The molecule has 2 heterocycles. The summed E-state index contributed by atoms with van der Waals surface area (Å²) in [5.41, 5.74) is 8.42. The molecule has 0 bridgehead atoms. The second-order valence-electron chi connectivity index (χ2n) is 7.51. The fraction of sp³-hybridized carbons (Fsp3) is 0.500. The van der Waals surface area contributed by atoms with E-state index in [0.717, 1.165) is 61.9 Å². The van der Waals surface area contributed by atoms with Gasteiger partial charge in [-0.25, -0.2) is 9.97 Å². The molecule has 1 saturated heterocycles. The molecule has 1 aliphatic carbocycles. The van der Waals surface area contributed by atoms with Crippen LogP contribution in [0, 0.1) is 0 Å². The molecule has 2 aliphatic rings. The van der Waals surface area contributed by atoms with Gasteiger partial charge in [0.2, 0.25) is 0 Å². The summed E-state index contributed by atoms with van der Waals surface area (Å²) in [5, 5.41) is 11.1. The first-order valence-electron chi connectivity index (χ1n) is 9.22. The first-order valence-corrected chi connectivity index (χ1v) is 9.22. The lowest BCUT2D eigenvalue weighted by molar-refractivity contribution is -0.0222. The Balaban J connectivity index is 1.43. The molecule has 1 saturated carbocycles. The summed E-state index contributed by atoms with van der Waals surface area (Å²) < 4.78 is 0. The molecule has 0 amide bonds. The first kappa shape index (κ1) is 16.6. The van der Waals surface area contributed by atoms with E-state index < -0.39 is 5.60 Å². The van der Waals surface area contributed by atoms with E-state index in [9.17, 15) is 5.11 Å². The molecule has 132 valence electrons. The van der Waals surface area contributed by atoms with Crippen LogP contribution in [0.4, 0.5) is 0 Å². The summed E-state index contributed by atoms with van der Waals surface area (Å²) in [6, 6.07) is 9.11. The van der Waals surface area contributed by atoms with Gasteiger partial charge in [0.25, 0.3) is 0 Å². The number of aromatic nitrogens is 2. The maximum Gasteiger partial charge on any atom is 0.115 e. The van der Waals surface area contributed by atoms with Crippen molar-refractivity contribution in [3.05, 3.63) is 48.5 Å². The van der Waals surface area contributed by atoms with E-state index in [1.807, 2.05) is 12.4 Å². The number of hydrogen-bond donors (Lipinski definition) is 2. The van der Waals surface area contributed by atoms with E-state index >= 15 is 0 Å². The van der Waals surface area contributed by atoms with E-state index in [4.69, 9.17) is 5.73 Å². The van der Waals surface area contributed by atoms with Crippen molar-refractivity contribution in [2.45, 2.75) is 49.8 Å². The average molecular weight is 338 g/mol. The molecule has 2 fully saturated rings. The van der Waals surface area contributed by atoms with Crippen molar-refractivity contribution >= 4 is 0 Å². The maximum absolute atomic E-state index is 11.1. The first-order chi connectivity index (χ1) is 12.1. The molecule has 1 aliphatic heterocycles. The second kappa shape index (κ2) is 6.83. The Morgan fingerprint density at radius 3 is 2.28 bits per heavy atom. The van der Waals surface area contributed by atoms with Gasteiger partial charge in [-0.2, -0.15) is 0 Å². The van der Waals surface area contributed by atoms with Gasteiger partial charge in [0.1, 0.15) is 6.33 Å². The second-order valence-corrected chi connectivity index (χ2v) is 7.51. The minimum absolute atomic E-state index is 0.329. The Hall–Kier alpha value is -1.82. The molecular formula is C20H26N4O. The van der Waals surface area contributed by atoms with Crippen molar-refractivity contribution in [2.75, 3.05) is 13.1 Å². The average Bonchev–Trinajstić information content (AvgIpc) is 3.09. The van der Waals surface area contributed by atoms with Crippen LogP contribution in [0.15, 0.2) is 43.0 Å². The van der Waals surface area contributed by atoms with Crippen molar-refractivity contribution in [2.24, 2.45) is 5.73 Å². The van der Waals surface area contributed by atoms with Gasteiger partial charge in [0.05, 0.1) is 5.60 Å². The Bertz CT molecular complexity index is 695. The van der Waals surface area contributed by atoms with E-state index in [2.05, 4.69) is 39.1 Å². The van der Waals surface area contributed by atoms with Crippen LogP contribution in [0.25, 0.3) is 11.1 Å². The molecule has 0 unspecified atom stereocenters. The summed E-state index contributed by atoms with van der Waals surface area (Å²) >= 11 is 0. The Morgan fingerprint density at radius 1 is 1.00 bits per heavy atom. The minimum Gasteiger partial charge on any atom is -0.385 e. The van der Waals surface area contributed by atoms with Crippen LogP contribution in [-0.2, 0) is 5.60 Å². The topological polar surface area (TPSA) is 75.3 Å². The summed E-state index contributed by atoms with van der Waals surface area (Å²) in [6.45, 7) is 2.12. The number of nitrogens with two attached hydrogens (primary N) is 1. The molecule has 0 radical (unpaired) electrons. The van der Waals surface area contributed by atoms with E-state index in [1.165, 1.54) is 6.33 Å². The summed E-state index contributed by atoms with van der Waals surface area (Å²) in [6.07, 6.45) is 9.96. The van der Waals surface area contributed by atoms with E-state index in [-0.39, 0.29) is 0 Å². The zero-order valence-electron chi connectivity index (χ0n) is 14.5. The van der Waals surface area contributed by atoms with Gasteiger partial charge >= 0.3 is 0 Å². The van der Waals surface area contributed by atoms with Crippen molar-refractivity contribution in [1.29, 1.82) is 0 Å². The number of rotatable bonds is 3. The highest BCUT2D eigenvalue weighted by atomic mass is 16.3. The minimum atomic E-state index is -0.704. The van der Waals surface area contributed by atoms with Gasteiger partial charge in [0, 0.05) is 43.1 Å². The van der Waals surface area contributed by atoms with Crippen molar-refractivity contribution < 1.29 is 5.11 Å². The van der Waals surface area contributed by atoms with E-state index in [1.54, 1.807) is 0 Å². The lowest BCUT2D eigenvalue weighted by Crippen LogP contribution is -2.42. The summed E-state index contributed by atoms with van der Waals surface area (Å²) in [7, 11) is 0. The van der Waals surface area contributed by atoms with Gasteiger partial charge in [-0.15, -0.1) is 0 Å². The fourth-order valence-corrected chi connectivity index (χ4v) is 4.30. The zero-order chi connectivity index (χ0) is 17.3. The van der Waals surface area contributed by atoms with Gasteiger partial charge in [-0.3, -0.25) is 4.90 Å². The predicted octanol–water partition coefficient (Wildman–Crippen LogP) is 2.31. The highest BCUT2D eigenvalue weighted by molar-refractivity contribution is 5.61. The molecule has 5 heteroatoms. The normalized spacial score (nSPS) is 30.5. The smallest absolute Gasteiger partial charge is 0.115 e. The molecule has 1 aromatic carbocycles. The lowest BCUT2D eigenvalue weighted by atomic mass is 9.77. The predicted molar refractivity (Wildman–Crippen MR) is 97.8 cm³/mol. The number of benzene rings is 1. The van der Waals surface area contributed by atoms with Gasteiger partial charge in [0.15, 0.2) is 0 Å². The molecule has 2 aromatic rings. The number of likely N-dealkylation sites (tertiary alicyclic amines) is 1.